The Morgan fingerprint density at radius 1 is 1.28 bits per heavy atom. The Bertz CT molecular complexity index is 1220. The van der Waals surface area contributed by atoms with Crippen LogP contribution in [0.5, 0.6) is 0 Å². The molecule has 1 unspecified atom stereocenters. The molecule has 1 fully saturated rings. The fourth-order valence-corrected chi connectivity index (χ4v) is 4.90. The number of nitrogens with one attached hydrogen (secondary N) is 1. The van der Waals surface area contributed by atoms with E-state index in [4.69, 9.17) is 23.2 Å². The van der Waals surface area contributed by atoms with Crippen LogP contribution in [-0.4, -0.2) is 58.8 Å². The molecule has 0 bridgehead atoms. The maximum absolute atomic E-state index is 14.6. The van der Waals surface area contributed by atoms with Crippen molar-refractivity contribution in [3.63, 3.8) is 0 Å². The minimum Gasteiger partial charge on any atom is -0.338 e. The third-order valence-corrected chi connectivity index (χ3v) is 6.62. The number of piperidine rings is 1. The predicted octanol–water partition coefficient (Wildman–Crippen LogP) is 4.08. The van der Waals surface area contributed by atoms with E-state index in [1.54, 1.807) is 27.6 Å². The number of nitrogens with zero attached hydrogens (tertiary/aromatic N) is 3. The van der Waals surface area contributed by atoms with E-state index in [0.717, 1.165) is 24.9 Å². The fraction of sp³-hybridized carbons (Fsp3) is 0.391. The molecule has 32 heavy (non-hydrogen) atoms. The minimum absolute atomic E-state index is 0.0605. The van der Waals surface area contributed by atoms with Crippen molar-refractivity contribution in [2.45, 2.75) is 19.3 Å². The third-order valence-electron chi connectivity index (χ3n) is 5.86. The van der Waals surface area contributed by atoms with Crippen molar-refractivity contribution < 1.29 is 9.18 Å². The van der Waals surface area contributed by atoms with E-state index in [9.17, 15) is 14.0 Å². The molecule has 170 valence electrons. The number of hydrogen-bond acceptors (Lipinski definition) is 3. The molecule has 1 amide bonds. The minimum atomic E-state index is -0.540. The summed E-state index contributed by atoms with van der Waals surface area (Å²) < 4.78 is 16.2. The van der Waals surface area contributed by atoms with E-state index >= 15 is 0 Å². The number of carbonyl (C=O) groups is 1. The van der Waals surface area contributed by atoms with E-state index < -0.39 is 5.82 Å². The van der Waals surface area contributed by atoms with Crippen molar-refractivity contribution in [2.75, 3.05) is 33.7 Å². The van der Waals surface area contributed by atoms with Crippen LogP contribution >= 0.6 is 23.2 Å². The van der Waals surface area contributed by atoms with Crippen molar-refractivity contribution in [2.24, 2.45) is 5.92 Å². The highest BCUT2D eigenvalue weighted by molar-refractivity contribution is 6.42. The number of aromatic amines is 1. The zero-order valence-corrected chi connectivity index (χ0v) is 19.5. The molecule has 1 aliphatic heterocycles. The fourth-order valence-electron chi connectivity index (χ4n) is 4.46. The van der Waals surface area contributed by atoms with Gasteiger partial charge in [0.25, 0.3) is 11.5 Å². The van der Waals surface area contributed by atoms with E-state index in [0.29, 0.717) is 36.6 Å². The molecule has 0 spiro atoms. The predicted molar refractivity (Wildman–Crippen MR) is 124 cm³/mol. The molecule has 1 saturated heterocycles. The Morgan fingerprint density at radius 2 is 2.06 bits per heavy atom. The lowest BCUT2D eigenvalue weighted by Gasteiger charge is -2.34. The van der Waals surface area contributed by atoms with Gasteiger partial charge in [0.1, 0.15) is 16.5 Å². The molecular formula is C23H25Cl2FN4O2. The molecule has 3 aromatic rings. The van der Waals surface area contributed by atoms with E-state index in [2.05, 4.69) is 9.88 Å². The van der Waals surface area contributed by atoms with Crippen LogP contribution in [0.2, 0.25) is 10.2 Å². The monoisotopic (exact) mass is 478 g/mol. The van der Waals surface area contributed by atoms with Gasteiger partial charge >= 0.3 is 0 Å². The number of carbonyl (C=O) groups excluding carboxylic acids is 1. The molecule has 2 aromatic heterocycles. The Kier molecular flexibility index (Phi) is 6.60. The average Bonchev–Trinajstić information content (AvgIpc) is 3.06. The van der Waals surface area contributed by atoms with Gasteiger partial charge in [-0.3, -0.25) is 14.0 Å². The lowest BCUT2D eigenvalue weighted by Crippen LogP contribution is -2.43. The average molecular weight is 479 g/mol. The molecule has 6 nitrogen and oxygen atoms in total. The van der Waals surface area contributed by atoms with Crippen molar-refractivity contribution in [1.29, 1.82) is 0 Å². The highest BCUT2D eigenvalue weighted by Crippen LogP contribution is 2.27. The molecule has 0 saturated carbocycles. The third kappa shape index (κ3) is 4.56. The summed E-state index contributed by atoms with van der Waals surface area (Å²) in [4.78, 5) is 31.8. The van der Waals surface area contributed by atoms with Gasteiger partial charge in [0.05, 0.1) is 10.6 Å². The topological polar surface area (TPSA) is 60.8 Å². The van der Waals surface area contributed by atoms with Crippen LogP contribution in [0.4, 0.5) is 4.39 Å². The van der Waals surface area contributed by atoms with Gasteiger partial charge in [-0.1, -0.05) is 29.3 Å². The normalized spacial score (nSPS) is 16.8. The maximum Gasteiger partial charge on any atom is 0.272 e. The SMILES string of the molecule is CN(C)CC1CCCN(C(=O)c2cc(Cc3c[nH]c(=O)c4cc(Cl)c(Cl)n34)ccc2F)C1. The zero-order valence-electron chi connectivity index (χ0n) is 18.0. The molecule has 1 N–H and O–H groups in total. The zero-order chi connectivity index (χ0) is 23.0. The smallest absolute Gasteiger partial charge is 0.272 e. The number of hydrogen-bond donors (Lipinski definition) is 1. The number of fused-ring (bicyclic) bond motifs is 1. The summed E-state index contributed by atoms with van der Waals surface area (Å²) in [5.41, 5.74) is 1.48. The summed E-state index contributed by atoms with van der Waals surface area (Å²) in [5.74, 6) is -0.451. The van der Waals surface area contributed by atoms with Gasteiger partial charge in [0, 0.05) is 37.9 Å². The number of likely N-dealkylation sites (tertiary alicyclic amines) is 1. The number of H-pyrrole nitrogens is 1. The van der Waals surface area contributed by atoms with Crippen LogP contribution in [0.25, 0.3) is 5.52 Å². The Hall–Kier alpha value is -2.35. The van der Waals surface area contributed by atoms with Crippen LogP contribution in [0.1, 0.15) is 34.5 Å². The first-order valence-electron chi connectivity index (χ1n) is 10.5. The van der Waals surface area contributed by atoms with Crippen LogP contribution < -0.4 is 5.56 Å². The standard InChI is InChI=1S/C23H25Cl2FN4O2/c1-28(2)12-15-4-3-7-29(13-15)23(32)17-9-14(5-6-19(17)26)8-16-11-27-22(31)20-10-18(24)21(25)30(16)20/h5-6,9-11,15H,3-4,7-8,12-13H2,1-2H3,(H,27,31). The molecule has 0 radical (unpaired) electrons. The molecular weight excluding hydrogens is 454 g/mol. The highest BCUT2D eigenvalue weighted by atomic mass is 35.5. The summed E-state index contributed by atoms with van der Waals surface area (Å²) >= 11 is 12.4. The van der Waals surface area contributed by atoms with Crippen molar-refractivity contribution in [3.05, 3.63) is 73.6 Å². The quantitative estimate of drug-likeness (QED) is 0.600. The van der Waals surface area contributed by atoms with Crippen molar-refractivity contribution in [1.82, 2.24) is 19.2 Å². The largest absolute Gasteiger partial charge is 0.338 e. The lowest BCUT2D eigenvalue weighted by molar-refractivity contribution is 0.0650. The summed E-state index contributed by atoms with van der Waals surface area (Å²) in [7, 11) is 4.03. The van der Waals surface area contributed by atoms with E-state index in [-0.39, 0.29) is 27.2 Å². The Labute approximate surface area is 195 Å². The van der Waals surface area contributed by atoms with Gasteiger partial charge in [-0.15, -0.1) is 0 Å². The second kappa shape index (κ2) is 9.25. The van der Waals surface area contributed by atoms with Crippen molar-refractivity contribution in [3.8, 4) is 0 Å². The van der Waals surface area contributed by atoms with Crippen LogP contribution in [0.15, 0.2) is 35.3 Å². The van der Waals surface area contributed by atoms with E-state index in [1.165, 1.54) is 12.1 Å². The molecule has 1 aromatic carbocycles. The van der Waals surface area contributed by atoms with Gasteiger partial charge in [0.2, 0.25) is 0 Å². The first-order valence-corrected chi connectivity index (χ1v) is 11.3. The number of benzene rings is 1. The summed E-state index contributed by atoms with van der Waals surface area (Å²) in [6, 6.07) is 6.04. The van der Waals surface area contributed by atoms with Crippen LogP contribution in [0, 0.1) is 11.7 Å². The van der Waals surface area contributed by atoms with Gasteiger partial charge in [-0.2, -0.15) is 0 Å². The molecule has 9 heteroatoms. The Balaban J connectivity index is 1.61. The summed E-state index contributed by atoms with van der Waals surface area (Å²) in [6.07, 6.45) is 3.86. The first kappa shape index (κ1) is 22.8. The van der Waals surface area contributed by atoms with Gasteiger partial charge in [-0.25, -0.2) is 4.39 Å². The number of aromatic nitrogens is 2. The van der Waals surface area contributed by atoms with Gasteiger partial charge in [0.15, 0.2) is 0 Å². The van der Waals surface area contributed by atoms with Crippen molar-refractivity contribution >= 4 is 34.6 Å². The van der Waals surface area contributed by atoms with Crippen LogP contribution in [0.3, 0.4) is 0 Å². The molecule has 0 aliphatic carbocycles. The van der Waals surface area contributed by atoms with Gasteiger partial charge in [-0.05, 0) is 56.6 Å². The maximum atomic E-state index is 14.6. The summed E-state index contributed by atoms with van der Waals surface area (Å²) in [5, 5.41) is 0.512. The molecule has 3 heterocycles. The second-order valence-electron chi connectivity index (χ2n) is 8.63. The molecule has 1 atom stereocenters. The van der Waals surface area contributed by atoms with Crippen LogP contribution in [-0.2, 0) is 6.42 Å². The molecule has 1 aliphatic rings. The number of halogens is 3. The van der Waals surface area contributed by atoms with Gasteiger partial charge < -0.3 is 14.8 Å². The number of amides is 1. The van der Waals surface area contributed by atoms with E-state index in [1.807, 2.05) is 14.1 Å². The first-order chi connectivity index (χ1) is 15.2. The Morgan fingerprint density at radius 3 is 2.81 bits per heavy atom. The number of rotatable bonds is 5. The highest BCUT2D eigenvalue weighted by Gasteiger charge is 2.26. The lowest BCUT2D eigenvalue weighted by atomic mass is 9.96. The second-order valence-corrected chi connectivity index (χ2v) is 9.39. The molecule has 4 rings (SSSR count). The summed E-state index contributed by atoms with van der Waals surface area (Å²) in [6.45, 7) is 2.15.